The number of piperidine rings is 1. The topological polar surface area (TPSA) is 40.5 Å². The van der Waals surface area contributed by atoms with E-state index >= 15 is 0 Å². The molecule has 3 nitrogen and oxygen atoms in total. The van der Waals surface area contributed by atoms with Gasteiger partial charge in [0, 0.05) is 24.2 Å². The average molecular weight is 280 g/mol. The number of carbonyl (C=O) groups excluding carboxylic acids is 1. The Labute approximate surface area is 118 Å². The highest BCUT2D eigenvalue weighted by molar-refractivity contribution is 6.31. The van der Waals surface area contributed by atoms with Gasteiger partial charge in [0.2, 0.25) is 5.91 Å². The standard InChI is InChI=1S/C15H18ClNO2/c1-11-4-5-12(9-14(11)16)6-7-15(19)17-8-2-3-13(18)10-17/h4-7,9,13,18H,2-3,8,10H2,1H3. The number of aliphatic hydroxyl groups is 1. The van der Waals surface area contributed by atoms with E-state index in [9.17, 15) is 9.90 Å². The van der Waals surface area contributed by atoms with Crippen molar-refractivity contribution in [3.05, 3.63) is 40.4 Å². The summed E-state index contributed by atoms with van der Waals surface area (Å²) in [6, 6.07) is 5.69. The fourth-order valence-electron chi connectivity index (χ4n) is 2.14. The van der Waals surface area contributed by atoms with Gasteiger partial charge in [-0.05, 0) is 43.0 Å². The highest BCUT2D eigenvalue weighted by atomic mass is 35.5. The smallest absolute Gasteiger partial charge is 0.246 e. The maximum absolute atomic E-state index is 12.0. The van der Waals surface area contributed by atoms with Crippen LogP contribution in [0.4, 0.5) is 0 Å². The Morgan fingerprint density at radius 2 is 2.32 bits per heavy atom. The van der Waals surface area contributed by atoms with E-state index in [4.69, 9.17) is 11.6 Å². The lowest BCUT2D eigenvalue weighted by atomic mass is 10.1. The summed E-state index contributed by atoms with van der Waals surface area (Å²) in [6.07, 6.45) is 4.55. The lowest BCUT2D eigenvalue weighted by Gasteiger charge is -2.29. The van der Waals surface area contributed by atoms with Gasteiger partial charge in [-0.15, -0.1) is 0 Å². The number of carbonyl (C=O) groups is 1. The van der Waals surface area contributed by atoms with Crippen molar-refractivity contribution in [1.82, 2.24) is 4.90 Å². The monoisotopic (exact) mass is 279 g/mol. The zero-order valence-corrected chi connectivity index (χ0v) is 11.7. The van der Waals surface area contributed by atoms with Crippen molar-refractivity contribution >= 4 is 23.6 Å². The molecule has 0 bridgehead atoms. The summed E-state index contributed by atoms with van der Waals surface area (Å²) in [4.78, 5) is 13.6. The van der Waals surface area contributed by atoms with Crippen molar-refractivity contribution in [2.45, 2.75) is 25.9 Å². The second-order valence-electron chi connectivity index (χ2n) is 4.92. The molecular weight excluding hydrogens is 262 g/mol. The van der Waals surface area contributed by atoms with Crippen LogP contribution in [0.2, 0.25) is 5.02 Å². The molecule has 19 heavy (non-hydrogen) atoms. The quantitative estimate of drug-likeness (QED) is 0.846. The van der Waals surface area contributed by atoms with Gasteiger partial charge in [0.1, 0.15) is 0 Å². The zero-order valence-electron chi connectivity index (χ0n) is 11.0. The molecule has 102 valence electrons. The number of likely N-dealkylation sites (tertiary alicyclic amines) is 1. The summed E-state index contributed by atoms with van der Waals surface area (Å²) < 4.78 is 0. The molecule has 1 aromatic carbocycles. The van der Waals surface area contributed by atoms with Gasteiger partial charge in [0.25, 0.3) is 0 Å². The van der Waals surface area contributed by atoms with Crippen LogP contribution < -0.4 is 0 Å². The van der Waals surface area contributed by atoms with Crippen LogP contribution in [0.5, 0.6) is 0 Å². The van der Waals surface area contributed by atoms with Crippen LogP contribution in [0.15, 0.2) is 24.3 Å². The number of aliphatic hydroxyl groups excluding tert-OH is 1. The van der Waals surface area contributed by atoms with Crippen LogP contribution >= 0.6 is 11.6 Å². The van der Waals surface area contributed by atoms with Gasteiger partial charge < -0.3 is 10.0 Å². The molecule has 4 heteroatoms. The number of benzene rings is 1. The first-order valence-corrected chi connectivity index (χ1v) is 6.85. The molecular formula is C15H18ClNO2. The molecule has 1 aromatic rings. The molecule has 1 saturated heterocycles. The van der Waals surface area contributed by atoms with Gasteiger partial charge in [-0.1, -0.05) is 23.7 Å². The molecule has 0 saturated carbocycles. The van der Waals surface area contributed by atoms with Gasteiger partial charge in [-0.3, -0.25) is 4.79 Å². The average Bonchev–Trinajstić information content (AvgIpc) is 2.40. The molecule has 1 heterocycles. The third kappa shape index (κ3) is 3.82. The minimum atomic E-state index is -0.389. The van der Waals surface area contributed by atoms with Crippen molar-refractivity contribution in [3.63, 3.8) is 0 Å². The van der Waals surface area contributed by atoms with Crippen LogP contribution in [0.25, 0.3) is 6.08 Å². The van der Waals surface area contributed by atoms with Crippen LogP contribution in [-0.4, -0.2) is 35.1 Å². The van der Waals surface area contributed by atoms with E-state index in [1.54, 1.807) is 17.1 Å². The number of hydrogen-bond donors (Lipinski definition) is 1. The fraction of sp³-hybridized carbons (Fsp3) is 0.400. The van der Waals surface area contributed by atoms with Crippen molar-refractivity contribution in [2.24, 2.45) is 0 Å². The molecule has 0 radical (unpaired) electrons. The van der Waals surface area contributed by atoms with Gasteiger partial charge >= 0.3 is 0 Å². The Morgan fingerprint density at radius 1 is 1.53 bits per heavy atom. The van der Waals surface area contributed by atoms with E-state index in [0.29, 0.717) is 11.6 Å². The first-order chi connectivity index (χ1) is 9.06. The summed E-state index contributed by atoms with van der Waals surface area (Å²) in [5.41, 5.74) is 1.92. The number of amides is 1. The summed E-state index contributed by atoms with van der Waals surface area (Å²) in [6.45, 7) is 3.09. The summed E-state index contributed by atoms with van der Waals surface area (Å²) in [7, 11) is 0. The van der Waals surface area contributed by atoms with E-state index in [1.807, 2.05) is 25.1 Å². The molecule has 0 aromatic heterocycles. The SMILES string of the molecule is Cc1ccc(C=CC(=O)N2CCCC(O)C2)cc1Cl. The molecule has 2 rings (SSSR count). The fourth-order valence-corrected chi connectivity index (χ4v) is 2.33. The van der Waals surface area contributed by atoms with E-state index in [0.717, 1.165) is 30.5 Å². The highest BCUT2D eigenvalue weighted by Gasteiger charge is 2.20. The maximum Gasteiger partial charge on any atom is 0.246 e. The number of β-amino-alcohol motifs (C(OH)–C–C–N with tert-alkyl or cyclic N) is 1. The van der Waals surface area contributed by atoms with E-state index in [2.05, 4.69) is 0 Å². The third-order valence-electron chi connectivity index (χ3n) is 3.32. The summed E-state index contributed by atoms with van der Waals surface area (Å²) in [5.74, 6) is -0.0598. The van der Waals surface area contributed by atoms with Gasteiger partial charge in [-0.25, -0.2) is 0 Å². The normalized spacial score (nSPS) is 19.9. The first-order valence-electron chi connectivity index (χ1n) is 6.47. The van der Waals surface area contributed by atoms with Crippen molar-refractivity contribution in [1.29, 1.82) is 0 Å². The number of hydrogen-bond acceptors (Lipinski definition) is 2. The van der Waals surface area contributed by atoms with Crippen molar-refractivity contribution < 1.29 is 9.90 Å². The predicted octanol–water partition coefficient (Wildman–Crippen LogP) is 2.64. The van der Waals surface area contributed by atoms with Gasteiger partial charge in [-0.2, -0.15) is 0 Å². The van der Waals surface area contributed by atoms with Gasteiger partial charge in [0.15, 0.2) is 0 Å². The third-order valence-corrected chi connectivity index (χ3v) is 3.73. The Morgan fingerprint density at radius 3 is 3.00 bits per heavy atom. The summed E-state index contributed by atoms with van der Waals surface area (Å²) in [5, 5.41) is 10.2. The molecule has 1 fully saturated rings. The summed E-state index contributed by atoms with van der Waals surface area (Å²) >= 11 is 6.03. The lowest BCUT2D eigenvalue weighted by molar-refractivity contribution is -0.128. The van der Waals surface area contributed by atoms with E-state index < -0.39 is 0 Å². The molecule has 1 aliphatic rings. The zero-order chi connectivity index (χ0) is 13.8. The maximum atomic E-state index is 12.0. The number of nitrogens with zero attached hydrogens (tertiary/aromatic N) is 1. The van der Waals surface area contributed by atoms with Crippen LogP contribution in [0.1, 0.15) is 24.0 Å². The molecule has 1 N–H and O–H groups in total. The first kappa shape index (κ1) is 14.1. The molecule has 1 amide bonds. The Kier molecular flexibility index (Phi) is 4.61. The Bertz CT molecular complexity index is 499. The lowest BCUT2D eigenvalue weighted by Crippen LogP contribution is -2.41. The molecule has 1 aliphatic heterocycles. The van der Waals surface area contributed by atoms with Crippen LogP contribution in [0, 0.1) is 6.92 Å². The molecule has 0 aliphatic carbocycles. The van der Waals surface area contributed by atoms with Crippen molar-refractivity contribution in [2.75, 3.05) is 13.1 Å². The number of halogens is 1. The molecule has 1 unspecified atom stereocenters. The highest BCUT2D eigenvalue weighted by Crippen LogP contribution is 2.18. The minimum Gasteiger partial charge on any atom is -0.391 e. The van der Waals surface area contributed by atoms with Crippen molar-refractivity contribution in [3.8, 4) is 0 Å². The van der Waals surface area contributed by atoms with Crippen LogP contribution in [0.3, 0.4) is 0 Å². The predicted molar refractivity (Wildman–Crippen MR) is 77.0 cm³/mol. The minimum absolute atomic E-state index is 0.0598. The Hall–Kier alpha value is -1.32. The van der Waals surface area contributed by atoms with E-state index in [1.165, 1.54) is 0 Å². The second-order valence-corrected chi connectivity index (χ2v) is 5.33. The molecule has 1 atom stereocenters. The number of aryl methyl sites for hydroxylation is 1. The van der Waals surface area contributed by atoms with E-state index in [-0.39, 0.29) is 12.0 Å². The Balaban J connectivity index is 2.01. The second kappa shape index (κ2) is 6.22. The van der Waals surface area contributed by atoms with Crippen LogP contribution in [-0.2, 0) is 4.79 Å². The van der Waals surface area contributed by atoms with Gasteiger partial charge in [0.05, 0.1) is 6.10 Å². The largest absolute Gasteiger partial charge is 0.391 e. The molecule has 0 spiro atoms. The number of rotatable bonds is 2.